The van der Waals surface area contributed by atoms with E-state index < -0.39 is 24.0 Å². The van der Waals surface area contributed by atoms with Crippen LogP contribution in [0.4, 0.5) is 4.79 Å². The Morgan fingerprint density at radius 1 is 1.32 bits per heavy atom. The summed E-state index contributed by atoms with van der Waals surface area (Å²) in [6.07, 6.45) is 1.41. The average molecular weight is 303 g/mol. The molecule has 7 nitrogen and oxygen atoms in total. The number of nitrogens with two attached hydrogens (primary N) is 1. The van der Waals surface area contributed by atoms with Gasteiger partial charge < -0.3 is 15.5 Å². The Hall–Kier alpha value is -2.83. The molecule has 1 aromatic carbocycles. The lowest BCUT2D eigenvalue weighted by molar-refractivity contribution is -0.154. The minimum absolute atomic E-state index is 0.135. The number of benzene rings is 1. The summed E-state index contributed by atoms with van der Waals surface area (Å²) in [6.45, 7) is 1.38. The molecule has 1 heterocycles. The molecule has 1 unspecified atom stereocenters. The quantitative estimate of drug-likeness (QED) is 0.720. The number of hydrogen-bond donors (Lipinski definition) is 3. The van der Waals surface area contributed by atoms with Crippen LogP contribution in [0.2, 0.25) is 0 Å². The average Bonchev–Trinajstić information content (AvgIpc) is 2.87. The van der Waals surface area contributed by atoms with Crippen molar-refractivity contribution in [3.63, 3.8) is 0 Å². The van der Waals surface area contributed by atoms with E-state index in [0.717, 1.165) is 16.5 Å². The number of amides is 3. The molecule has 0 aliphatic heterocycles. The first kappa shape index (κ1) is 15.6. The number of fused-ring (bicyclic) bond motifs is 1. The highest BCUT2D eigenvalue weighted by atomic mass is 16.5. The van der Waals surface area contributed by atoms with Gasteiger partial charge in [0.25, 0.3) is 5.91 Å². The Bertz CT molecular complexity index is 708. The summed E-state index contributed by atoms with van der Waals surface area (Å²) >= 11 is 0. The van der Waals surface area contributed by atoms with Gasteiger partial charge in [-0.2, -0.15) is 0 Å². The normalized spacial score (nSPS) is 11.9. The predicted octanol–water partition coefficient (Wildman–Crippen LogP) is 1.23. The van der Waals surface area contributed by atoms with Gasteiger partial charge in [-0.25, -0.2) is 4.79 Å². The Kier molecular flexibility index (Phi) is 4.77. The lowest BCUT2D eigenvalue weighted by atomic mass is 10.1. The molecule has 7 heteroatoms. The Morgan fingerprint density at radius 2 is 2.05 bits per heavy atom. The number of hydrogen-bond acceptors (Lipinski definition) is 4. The molecule has 0 saturated carbocycles. The van der Waals surface area contributed by atoms with Gasteiger partial charge in [-0.05, 0) is 25.0 Å². The second-order valence-corrected chi connectivity index (χ2v) is 4.85. The van der Waals surface area contributed by atoms with E-state index in [4.69, 9.17) is 10.5 Å². The summed E-state index contributed by atoms with van der Waals surface area (Å²) in [5.74, 6) is -1.26. The molecule has 0 radical (unpaired) electrons. The molecule has 1 aromatic heterocycles. The minimum atomic E-state index is -1.07. The molecule has 0 fully saturated rings. The van der Waals surface area contributed by atoms with Crippen molar-refractivity contribution in [2.45, 2.75) is 25.9 Å². The fourth-order valence-corrected chi connectivity index (χ4v) is 2.11. The highest BCUT2D eigenvalue weighted by Crippen LogP contribution is 2.19. The molecule has 2 rings (SSSR count). The topological polar surface area (TPSA) is 114 Å². The van der Waals surface area contributed by atoms with Gasteiger partial charge in [-0.3, -0.25) is 14.9 Å². The second-order valence-electron chi connectivity index (χ2n) is 4.85. The fraction of sp³-hybridized carbons (Fsp3) is 0.267. The highest BCUT2D eigenvalue weighted by molar-refractivity contribution is 5.96. The number of aryl methyl sites for hydroxylation is 1. The van der Waals surface area contributed by atoms with Crippen molar-refractivity contribution in [3.8, 4) is 0 Å². The molecule has 0 aliphatic carbocycles. The molecule has 0 aliphatic rings. The maximum absolute atomic E-state index is 11.7. The zero-order valence-corrected chi connectivity index (χ0v) is 12.1. The van der Waals surface area contributed by atoms with E-state index in [1.54, 1.807) is 0 Å². The number of para-hydroxylation sites is 1. The van der Waals surface area contributed by atoms with Crippen molar-refractivity contribution in [2.75, 3.05) is 0 Å². The van der Waals surface area contributed by atoms with Crippen molar-refractivity contribution in [3.05, 3.63) is 36.0 Å². The maximum Gasteiger partial charge on any atom is 0.318 e. The number of nitrogens with one attached hydrogen (secondary N) is 2. The van der Waals surface area contributed by atoms with E-state index in [-0.39, 0.29) is 6.42 Å². The van der Waals surface area contributed by atoms with Crippen LogP contribution in [0, 0.1) is 0 Å². The Morgan fingerprint density at radius 3 is 2.77 bits per heavy atom. The zero-order chi connectivity index (χ0) is 16.1. The van der Waals surface area contributed by atoms with Crippen LogP contribution in [0.15, 0.2) is 30.5 Å². The number of H-pyrrole nitrogens is 1. The molecule has 3 amide bonds. The van der Waals surface area contributed by atoms with Gasteiger partial charge in [0.05, 0.1) is 0 Å². The van der Waals surface area contributed by atoms with Crippen LogP contribution in [0.25, 0.3) is 10.9 Å². The van der Waals surface area contributed by atoms with E-state index >= 15 is 0 Å². The smallest absolute Gasteiger partial charge is 0.318 e. The van der Waals surface area contributed by atoms with E-state index in [2.05, 4.69) is 4.98 Å². The Labute approximate surface area is 126 Å². The molecule has 0 spiro atoms. The summed E-state index contributed by atoms with van der Waals surface area (Å²) in [5, 5.41) is 2.91. The van der Waals surface area contributed by atoms with Gasteiger partial charge in [0.15, 0.2) is 6.10 Å². The van der Waals surface area contributed by atoms with Crippen molar-refractivity contribution >= 4 is 28.8 Å². The zero-order valence-electron chi connectivity index (χ0n) is 12.1. The van der Waals surface area contributed by atoms with Crippen LogP contribution in [-0.2, 0) is 20.7 Å². The monoisotopic (exact) mass is 303 g/mol. The van der Waals surface area contributed by atoms with E-state index in [9.17, 15) is 14.4 Å². The number of aromatic amines is 1. The minimum Gasteiger partial charge on any atom is -0.453 e. The van der Waals surface area contributed by atoms with Crippen molar-refractivity contribution in [1.82, 2.24) is 10.3 Å². The molecular weight excluding hydrogens is 286 g/mol. The van der Waals surface area contributed by atoms with Gasteiger partial charge in [-0.1, -0.05) is 18.2 Å². The molecule has 116 valence electrons. The number of imide groups is 1. The number of esters is 1. The number of primary amides is 1. The van der Waals surface area contributed by atoms with Crippen LogP contribution < -0.4 is 11.1 Å². The largest absolute Gasteiger partial charge is 0.453 e. The van der Waals surface area contributed by atoms with Crippen molar-refractivity contribution in [2.24, 2.45) is 5.73 Å². The number of rotatable bonds is 5. The summed E-state index contributed by atoms with van der Waals surface area (Å²) in [7, 11) is 0. The predicted molar refractivity (Wildman–Crippen MR) is 79.9 cm³/mol. The Balaban J connectivity index is 1.87. The second kappa shape index (κ2) is 6.75. The van der Waals surface area contributed by atoms with Gasteiger partial charge in [0, 0.05) is 23.5 Å². The highest BCUT2D eigenvalue weighted by Gasteiger charge is 2.19. The third-order valence-electron chi connectivity index (χ3n) is 3.20. The number of carbonyl (C=O) groups is 3. The van der Waals surface area contributed by atoms with Gasteiger partial charge >= 0.3 is 12.0 Å². The first-order valence-corrected chi connectivity index (χ1v) is 6.82. The van der Waals surface area contributed by atoms with Crippen LogP contribution in [0.3, 0.4) is 0 Å². The van der Waals surface area contributed by atoms with Gasteiger partial charge in [0.2, 0.25) is 0 Å². The maximum atomic E-state index is 11.7. The molecule has 0 bridgehead atoms. The number of aromatic nitrogens is 1. The van der Waals surface area contributed by atoms with E-state index in [1.807, 2.05) is 35.8 Å². The lowest BCUT2D eigenvalue weighted by Crippen LogP contribution is -2.42. The summed E-state index contributed by atoms with van der Waals surface area (Å²) in [6, 6.07) is 6.79. The number of urea groups is 1. The van der Waals surface area contributed by atoms with Gasteiger partial charge in [0.1, 0.15) is 0 Å². The third-order valence-corrected chi connectivity index (χ3v) is 3.20. The molecular formula is C15H17N3O4. The van der Waals surface area contributed by atoms with Crippen LogP contribution in [0.5, 0.6) is 0 Å². The fourth-order valence-electron chi connectivity index (χ4n) is 2.11. The molecule has 2 aromatic rings. The van der Waals surface area contributed by atoms with Crippen LogP contribution >= 0.6 is 0 Å². The molecule has 22 heavy (non-hydrogen) atoms. The van der Waals surface area contributed by atoms with Crippen LogP contribution in [-0.4, -0.2) is 29.0 Å². The standard InChI is InChI=1S/C15H17N3O4/c1-9(14(20)18-15(16)21)22-13(19)7-6-10-8-17-12-5-3-2-4-11(10)12/h2-5,8-9,17H,6-7H2,1H3,(H3,16,18,20,21). The van der Waals surface area contributed by atoms with Gasteiger partial charge in [-0.15, -0.1) is 0 Å². The number of ether oxygens (including phenoxy) is 1. The SMILES string of the molecule is CC(OC(=O)CCc1c[nH]c2ccccc12)C(=O)NC(N)=O. The first-order valence-electron chi connectivity index (χ1n) is 6.82. The van der Waals surface area contributed by atoms with Crippen molar-refractivity contribution < 1.29 is 19.1 Å². The van der Waals surface area contributed by atoms with E-state index in [1.165, 1.54) is 6.92 Å². The third kappa shape index (κ3) is 3.85. The number of carbonyl (C=O) groups excluding carboxylic acids is 3. The molecule has 4 N–H and O–H groups in total. The molecule has 0 saturated heterocycles. The van der Waals surface area contributed by atoms with Crippen LogP contribution in [0.1, 0.15) is 18.9 Å². The molecule has 1 atom stereocenters. The van der Waals surface area contributed by atoms with Crippen molar-refractivity contribution in [1.29, 1.82) is 0 Å². The lowest BCUT2D eigenvalue weighted by Gasteiger charge is -2.11. The van der Waals surface area contributed by atoms with E-state index in [0.29, 0.717) is 6.42 Å². The summed E-state index contributed by atoms with van der Waals surface area (Å²) < 4.78 is 4.95. The first-order chi connectivity index (χ1) is 10.5. The summed E-state index contributed by atoms with van der Waals surface area (Å²) in [5.41, 5.74) is 6.82. The summed E-state index contributed by atoms with van der Waals surface area (Å²) in [4.78, 5) is 36.8.